The molecule has 7 heteroatoms. The predicted molar refractivity (Wildman–Crippen MR) is 104 cm³/mol. The Balaban J connectivity index is 1.59. The van der Waals surface area contributed by atoms with Crippen LogP contribution in [0.3, 0.4) is 0 Å². The number of carbonyl (C=O) groups excluding carboxylic acids is 2. The Bertz CT molecular complexity index is 712. The highest BCUT2D eigenvalue weighted by atomic mass is 32.2. The van der Waals surface area contributed by atoms with Crippen LogP contribution in [0.25, 0.3) is 0 Å². The number of carbonyl (C=O) groups is 2. The highest BCUT2D eigenvalue weighted by molar-refractivity contribution is 8.19. The first kappa shape index (κ1) is 17.4. The molecule has 1 atom stereocenters. The summed E-state index contributed by atoms with van der Waals surface area (Å²) in [5.74, 6) is 1.89. The standard InChI is InChI=1S/C17H18N2O2S3/c1-11(18-16(21)14-6-3-7-22-14)15(20)19-13-5-2-4-12(10-13)17-23-8-9-24-17/h2-7,10-11,17H,8-9H2,1H3,(H,18,21)(H,19,20). The van der Waals surface area contributed by atoms with Gasteiger partial charge in [-0.15, -0.1) is 34.9 Å². The number of benzene rings is 1. The van der Waals surface area contributed by atoms with Gasteiger partial charge >= 0.3 is 0 Å². The van der Waals surface area contributed by atoms with Gasteiger partial charge in [0.05, 0.1) is 9.46 Å². The quantitative estimate of drug-likeness (QED) is 0.826. The van der Waals surface area contributed by atoms with E-state index in [1.807, 2.05) is 53.2 Å². The molecule has 0 aliphatic carbocycles. The lowest BCUT2D eigenvalue weighted by molar-refractivity contribution is -0.117. The first-order valence-electron chi connectivity index (χ1n) is 7.62. The van der Waals surface area contributed by atoms with Crippen LogP contribution < -0.4 is 10.6 Å². The Morgan fingerprint density at radius 2 is 1.96 bits per heavy atom. The van der Waals surface area contributed by atoms with E-state index in [2.05, 4.69) is 16.7 Å². The van der Waals surface area contributed by atoms with Crippen molar-refractivity contribution >= 4 is 52.4 Å². The molecule has 1 unspecified atom stereocenters. The Morgan fingerprint density at radius 3 is 2.67 bits per heavy atom. The van der Waals surface area contributed by atoms with Gasteiger partial charge in [-0.2, -0.15) is 0 Å². The van der Waals surface area contributed by atoms with Crippen molar-refractivity contribution in [2.24, 2.45) is 0 Å². The summed E-state index contributed by atoms with van der Waals surface area (Å²) in [5.41, 5.74) is 1.98. The number of hydrogen-bond acceptors (Lipinski definition) is 5. The van der Waals surface area contributed by atoms with E-state index in [4.69, 9.17) is 0 Å². The van der Waals surface area contributed by atoms with Crippen LogP contribution in [-0.2, 0) is 4.79 Å². The molecule has 0 radical (unpaired) electrons. The molecule has 2 heterocycles. The highest BCUT2D eigenvalue weighted by Crippen LogP contribution is 2.45. The largest absolute Gasteiger partial charge is 0.340 e. The molecule has 126 valence electrons. The molecule has 1 saturated heterocycles. The van der Waals surface area contributed by atoms with Crippen LogP contribution in [0.4, 0.5) is 5.69 Å². The lowest BCUT2D eigenvalue weighted by atomic mass is 10.2. The molecule has 1 aliphatic rings. The number of anilines is 1. The van der Waals surface area contributed by atoms with Gasteiger partial charge in [0.2, 0.25) is 5.91 Å². The van der Waals surface area contributed by atoms with Crippen molar-refractivity contribution in [1.82, 2.24) is 5.32 Å². The van der Waals surface area contributed by atoms with Gasteiger partial charge in [0.25, 0.3) is 5.91 Å². The number of nitrogens with one attached hydrogen (secondary N) is 2. The maximum absolute atomic E-state index is 12.3. The SMILES string of the molecule is CC(NC(=O)c1cccs1)C(=O)Nc1cccc(C2SCCS2)c1. The second-order valence-electron chi connectivity index (χ2n) is 5.36. The van der Waals surface area contributed by atoms with Crippen LogP contribution in [0.1, 0.15) is 26.7 Å². The molecule has 0 spiro atoms. The number of thioether (sulfide) groups is 2. The Morgan fingerprint density at radius 1 is 1.17 bits per heavy atom. The average molecular weight is 379 g/mol. The normalized spacial score (nSPS) is 15.9. The molecular formula is C17H18N2O2S3. The summed E-state index contributed by atoms with van der Waals surface area (Å²) in [5, 5.41) is 7.45. The van der Waals surface area contributed by atoms with E-state index < -0.39 is 6.04 Å². The van der Waals surface area contributed by atoms with Gasteiger partial charge in [-0.3, -0.25) is 9.59 Å². The zero-order valence-corrected chi connectivity index (χ0v) is 15.6. The van der Waals surface area contributed by atoms with E-state index in [0.29, 0.717) is 9.46 Å². The second kappa shape index (κ2) is 8.09. The van der Waals surface area contributed by atoms with Crippen LogP contribution in [0.5, 0.6) is 0 Å². The molecule has 1 aliphatic heterocycles. The number of amides is 2. The first-order chi connectivity index (χ1) is 11.6. The van der Waals surface area contributed by atoms with Crippen LogP contribution in [0, 0.1) is 0 Å². The summed E-state index contributed by atoms with van der Waals surface area (Å²) in [6, 6.07) is 10.9. The third-order valence-corrected chi connectivity index (χ3v) is 7.51. The first-order valence-corrected chi connectivity index (χ1v) is 10.6. The van der Waals surface area contributed by atoms with Gasteiger partial charge < -0.3 is 10.6 Å². The van der Waals surface area contributed by atoms with E-state index in [1.54, 1.807) is 13.0 Å². The molecule has 3 rings (SSSR count). The van der Waals surface area contributed by atoms with Gasteiger partial charge in [0, 0.05) is 17.2 Å². The monoisotopic (exact) mass is 378 g/mol. The van der Waals surface area contributed by atoms with E-state index in [0.717, 1.165) is 17.2 Å². The summed E-state index contributed by atoms with van der Waals surface area (Å²) >= 11 is 5.22. The minimum Gasteiger partial charge on any atom is -0.340 e. The van der Waals surface area contributed by atoms with Crippen LogP contribution in [-0.4, -0.2) is 29.4 Å². The number of rotatable bonds is 5. The maximum atomic E-state index is 12.3. The smallest absolute Gasteiger partial charge is 0.261 e. The fourth-order valence-corrected chi connectivity index (χ4v) is 5.77. The van der Waals surface area contributed by atoms with Crippen molar-refractivity contribution < 1.29 is 9.59 Å². The third-order valence-electron chi connectivity index (χ3n) is 3.53. The van der Waals surface area contributed by atoms with Crippen molar-refractivity contribution in [2.75, 3.05) is 16.8 Å². The number of hydrogen-bond donors (Lipinski definition) is 2. The summed E-state index contributed by atoms with van der Waals surface area (Å²) in [4.78, 5) is 24.9. The van der Waals surface area contributed by atoms with Gasteiger partial charge in [-0.1, -0.05) is 18.2 Å². The molecule has 1 fully saturated rings. The van der Waals surface area contributed by atoms with Crippen molar-refractivity contribution in [1.29, 1.82) is 0 Å². The minimum absolute atomic E-state index is 0.219. The fraction of sp³-hybridized carbons (Fsp3) is 0.294. The third kappa shape index (κ3) is 4.34. The minimum atomic E-state index is -0.599. The van der Waals surface area contributed by atoms with E-state index in [-0.39, 0.29) is 11.8 Å². The van der Waals surface area contributed by atoms with Crippen molar-refractivity contribution in [3.8, 4) is 0 Å². The van der Waals surface area contributed by atoms with Gasteiger partial charge in [-0.25, -0.2) is 0 Å². The molecule has 24 heavy (non-hydrogen) atoms. The molecular weight excluding hydrogens is 360 g/mol. The number of thiophene rings is 1. The lowest BCUT2D eigenvalue weighted by Crippen LogP contribution is -2.41. The average Bonchev–Trinajstić information content (AvgIpc) is 3.28. The molecule has 2 amide bonds. The van der Waals surface area contributed by atoms with Crippen molar-refractivity contribution in [3.05, 3.63) is 52.2 Å². The highest BCUT2D eigenvalue weighted by Gasteiger charge is 2.20. The predicted octanol–water partition coefficient (Wildman–Crippen LogP) is 3.98. The zero-order valence-electron chi connectivity index (χ0n) is 13.2. The van der Waals surface area contributed by atoms with Gasteiger partial charge in [0.15, 0.2) is 0 Å². The Labute approximate surface area is 153 Å². The second-order valence-corrected chi connectivity index (χ2v) is 9.03. The topological polar surface area (TPSA) is 58.2 Å². The zero-order chi connectivity index (χ0) is 16.9. The lowest BCUT2D eigenvalue weighted by Gasteiger charge is -2.15. The van der Waals surface area contributed by atoms with E-state index in [9.17, 15) is 9.59 Å². The fourth-order valence-electron chi connectivity index (χ4n) is 2.31. The summed E-state index contributed by atoms with van der Waals surface area (Å²) in [6.07, 6.45) is 0. The van der Waals surface area contributed by atoms with Gasteiger partial charge in [0.1, 0.15) is 6.04 Å². The molecule has 0 bridgehead atoms. The molecule has 1 aromatic heterocycles. The molecule has 2 aromatic rings. The van der Waals surface area contributed by atoms with Crippen LogP contribution in [0.2, 0.25) is 0 Å². The molecule has 0 saturated carbocycles. The molecule has 1 aromatic carbocycles. The van der Waals surface area contributed by atoms with Gasteiger partial charge in [-0.05, 0) is 36.1 Å². The molecule has 4 nitrogen and oxygen atoms in total. The Hall–Kier alpha value is -1.44. The van der Waals surface area contributed by atoms with E-state index in [1.165, 1.54) is 16.9 Å². The Kier molecular flexibility index (Phi) is 5.86. The maximum Gasteiger partial charge on any atom is 0.261 e. The van der Waals surface area contributed by atoms with Crippen molar-refractivity contribution in [3.63, 3.8) is 0 Å². The van der Waals surface area contributed by atoms with Crippen LogP contribution >= 0.6 is 34.9 Å². The van der Waals surface area contributed by atoms with E-state index >= 15 is 0 Å². The van der Waals surface area contributed by atoms with Crippen molar-refractivity contribution in [2.45, 2.75) is 17.5 Å². The summed E-state index contributed by atoms with van der Waals surface area (Å²) in [7, 11) is 0. The van der Waals surface area contributed by atoms with Crippen LogP contribution in [0.15, 0.2) is 41.8 Å². The summed E-state index contributed by atoms with van der Waals surface area (Å²) in [6.45, 7) is 1.69. The molecule has 2 N–H and O–H groups in total. The summed E-state index contributed by atoms with van der Waals surface area (Å²) < 4.78 is 0.442.